The highest BCUT2D eigenvalue weighted by Crippen LogP contribution is 2.23. The minimum absolute atomic E-state index is 0.00789. The fourth-order valence-corrected chi connectivity index (χ4v) is 2.94. The molecule has 31 heavy (non-hydrogen) atoms. The number of hydrogen-bond acceptors (Lipinski definition) is 7. The molecule has 0 spiro atoms. The van der Waals surface area contributed by atoms with Crippen LogP contribution in [0.1, 0.15) is 11.1 Å². The summed E-state index contributed by atoms with van der Waals surface area (Å²) in [5, 5.41) is 15.5. The molecule has 8 nitrogen and oxygen atoms in total. The Labute approximate surface area is 176 Å². The molecule has 154 valence electrons. The van der Waals surface area contributed by atoms with Crippen molar-refractivity contribution in [2.24, 2.45) is 5.10 Å². The fraction of sp³-hybridized carbons (Fsp3) is 0.0435. The largest absolute Gasteiger partial charge is 0.489 e. The van der Waals surface area contributed by atoms with E-state index in [0.717, 1.165) is 5.56 Å². The van der Waals surface area contributed by atoms with Gasteiger partial charge in [-0.25, -0.2) is 4.79 Å². The number of hydrogen-bond donors (Lipinski definition) is 1. The first-order valence-electron chi connectivity index (χ1n) is 9.37. The van der Waals surface area contributed by atoms with Crippen LogP contribution in [0.25, 0.3) is 11.0 Å². The molecule has 4 rings (SSSR count). The van der Waals surface area contributed by atoms with E-state index in [0.29, 0.717) is 34.6 Å². The average Bonchev–Trinajstić information content (AvgIpc) is 2.78. The molecule has 0 amide bonds. The summed E-state index contributed by atoms with van der Waals surface area (Å²) >= 11 is 0. The number of nitrogens with zero attached hydrogens (tertiary/aromatic N) is 2. The molecule has 0 unspecified atom stereocenters. The Morgan fingerprint density at radius 2 is 1.81 bits per heavy atom. The molecule has 1 N–H and O–H groups in total. The third kappa shape index (κ3) is 4.94. The summed E-state index contributed by atoms with van der Waals surface area (Å²) < 4.78 is 11.1. The maximum absolute atomic E-state index is 12.0. The van der Waals surface area contributed by atoms with Gasteiger partial charge in [0.2, 0.25) is 0 Å². The van der Waals surface area contributed by atoms with Crippen LogP contribution < -0.4 is 15.8 Å². The molecular formula is C23H17N3O5. The van der Waals surface area contributed by atoms with Crippen LogP contribution in [-0.4, -0.2) is 11.1 Å². The van der Waals surface area contributed by atoms with E-state index in [9.17, 15) is 14.9 Å². The number of ether oxygens (including phenoxy) is 1. The lowest BCUT2D eigenvalue weighted by Gasteiger charge is -2.08. The summed E-state index contributed by atoms with van der Waals surface area (Å²) in [6.07, 6.45) is 1.49. The number of anilines is 1. The van der Waals surface area contributed by atoms with Crippen LogP contribution in [0.4, 0.5) is 11.4 Å². The van der Waals surface area contributed by atoms with Crippen LogP contribution in [0.3, 0.4) is 0 Å². The zero-order chi connectivity index (χ0) is 21.6. The summed E-state index contributed by atoms with van der Waals surface area (Å²) in [6, 6.07) is 22.2. The van der Waals surface area contributed by atoms with Crippen molar-refractivity contribution in [2.75, 3.05) is 5.43 Å². The van der Waals surface area contributed by atoms with Crippen LogP contribution in [0.15, 0.2) is 93.2 Å². The molecule has 0 aliphatic rings. The molecule has 0 atom stereocenters. The van der Waals surface area contributed by atoms with Gasteiger partial charge in [0.1, 0.15) is 17.9 Å². The quantitative estimate of drug-likeness (QED) is 0.202. The van der Waals surface area contributed by atoms with Crippen LogP contribution in [0.2, 0.25) is 0 Å². The van der Waals surface area contributed by atoms with Crippen LogP contribution >= 0.6 is 0 Å². The molecule has 1 heterocycles. The molecule has 0 saturated carbocycles. The van der Waals surface area contributed by atoms with Crippen LogP contribution in [0, 0.1) is 10.1 Å². The van der Waals surface area contributed by atoms with Crippen molar-refractivity contribution < 1.29 is 14.1 Å². The van der Waals surface area contributed by atoms with Crippen molar-refractivity contribution in [2.45, 2.75) is 6.61 Å². The highest BCUT2D eigenvalue weighted by atomic mass is 16.6. The van der Waals surface area contributed by atoms with Gasteiger partial charge in [0.05, 0.1) is 16.8 Å². The van der Waals surface area contributed by atoms with Gasteiger partial charge >= 0.3 is 5.63 Å². The van der Waals surface area contributed by atoms with Gasteiger partial charge in [0.15, 0.2) is 0 Å². The second-order valence-electron chi connectivity index (χ2n) is 6.63. The smallest absolute Gasteiger partial charge is 0.336 e. The number of rotatable bonds is 7. The van der Waals surface area contributed by atoms with Gasteiger partial charge in [-0.1, -0.05) is 30.3 Å². The number of nitro groups is 1. The third-order valence-corrected chi connectivity index (χ3v) is 4.47. The third-order valence-electron chi connectivity index (χ3n) is 4.47. The second-order valence-corrected chi connectivity index (χ2v) is 6.63. The van der Waals surface area contributed by atoms with Gasteiger partial charge in [0, 0.05) is 35.2 Å². The van der Waals surface area contributed by atoms with Crippen LogP contribution in [-0.2, 0) is 6.61 Å². The summed E-state index contributed by atoms with van der Waals surface area (Å²) in [5.74, 6) is 0.581. The molecule has 0 fully saturated rings. The highest BCUT2D eigenvalue weighted by Gasteiger charge is 2.07. The summed E-state index contributed by atoms with van der Waals surface area (Å²) in [5.41, 5.74) is 4.82. The van der Waals surface area contributed by atoms with Crippen molar-refractivity contribution in [3.05, 3.63) is 111 Å². The Bertz CT molecular complexity index is 1300. The van der Waals surface area contributed by atoms with Gasteiger partial charge < -0.3 is 9.15 Å². The van der Waals surface area contributed by atoms with E-state index in [4.69, 9.17) is 9.15 Å². The van der Waals surface area contributed by atoms with E-state index in [1.54, 1.807) is 30.3 Å². The van der Waals surface area contributed by atoms with E-state index in [2.05, 4.69) is 10.5 Å². The normalized spacial score (nSPS) is 11.0. The molecule has 0 bridgehead atoms. The maximum Gasteiger partial charge on any atom is 0.336 e. The predicted octanol–water partition coefficient (Wildman–Crippen LogP) is 4.73. The van der Waals surface area contributed by atoms with Crippen molar-refractivity contribution in [3.63, 3.8) is 0 Å². The molecule has 0 saturated heterocycles. The lowest BCUT2D eigenvalue weighted by molar-refractivity contribution is -0.384. The highest BCUT2D eigenvalue weighted by molar-refractivity contribution is 5.97. The first-order valence-corrected chi connectivity index (χ1v) is 9.37. The first kappa shape index (κ1) is 19.8. The average molecular weight is 415 g/mol. The van der Waals surface area contributed by atoms with E-state index in [1.807, 2.05) is 30.3 Å². The number of nitro benzene ring substituents is 1. The van der Waals surface area contributed by atoms with E-state index >= 15 is 0 Å². The Hall–Kier alpha value is -4.46. The van der Waals surface area contributed by atoms with Gasteiger partial charge in [-0.2, -0.15) is 5.10 Å². The van der Waals surface area contributed by atoms with E-state index < -0.39 is 10.5 Å². The second kappa shape index (κ2) is 8.91. The number of fused-ring (bicyclic) bond motifs is 1. The summed E-state index contributed by atoms with van der Waals surface area (Å²) in [6.45, 7) is 0.400. The molecule has 8 heteroatoms. The minimum Gasteiger partial charge on any atom is -0.489 e. The van der Waals surface area contributed by atoms with E-state index in [-0.39, 0.29) is 5.69 Å². The number of hydrazone groups is 1. The van der Waals surface area contributed by atoms with Gasteiger partial charge in [-0.05, 0) is 29.8 Å². The van der Waals surface area contributed by atoms with Crippen molar-refractivity contribution >= 4 is 28.6 Å². The summed E-state index contributed by atoms with van der Waals surface area (Å²) in [7, 11) is 0. The zero-order valence-corrected chi connectivity index (χ0v) is 16.2. The Kier molecular flexibility index (Phi) is 5.70. The molecule has 0 radical (unpaired) electrons. The first-order chi connectivity index (χ1) is 15.1. The lowest BCUT2D eigenvalue weighted by Crippen LogP contribution is -2.02. The standard InChI is InChI=1S/C23H17N3O5/c27-23-12-17(14-24-25-18-6-8-19(9-7-18)26(28)29)21-11-10-20(13-22(21)31-23)30-15-16-4-2-1-3-5-16/h1-14,25H,15H2/b24-14-. The molecule has 0 aliphatic carbocycles. The predicted molar refractivity (Wildman–Crippen MR) is 118 cm³/mol. The molecule has 3 aromatic carbocycles. The summed E-state index contributed by atoms with van der Waals surface area (Å²) in [4.78, 5) is 22.2. The molecular weight excluding hydrogens is 398 g/mol. The van der Waals surface area contributed by atoms with Crippen molar-refractivity contribution in [3.8, 4) is 5.75 Å². The van der Waals surface area contributed by atoms with E-state index in [1.165, 1.54) is 24.4 Å². The Morgan fingerprint density at radius 1 is 1.03 bits per heavy atom. The van der Waals surface area contributed by atoms with Crippen LogP contribution in [0.5, 0.6) is 5.75 Å². The number of benzene rings is 3. The number of nitrogens with one attached hydrogen (secondary N) is 1. The van der Waals surface area contributed by atoms with Gasteiger partial charge in [-0.15, -0.1) is 0 Å². The minimum atomic E-state index is -0.510. The van der Waals surface area contributed by atoms with Gasteiger partial charge in [-0.3, -0.25) is 15.5 Å². The molecule has 1 aromatic heterocycles. The van der Waals surface area contributed by atoms with Gasteiger partial charge in [0.25, 0.3) is 5.69 Å². The topological polar surface area (TPSA) is 107 Å². The molecule has 4 aromatic rings. The van der Waals surface area contributed by atoms with Crippen molar-refractivity contribution in [1.29, 1.82) is 0 Å². The lowest BCUT2D eigenvalue weighted by atomic mass is 10.1. The maximum atomic E-state index is 12.0. The zero-order valence-electron chi connectivity index (χ0n) is 16.2. The fourth-order valence-electron chi connectivity index (χ4n) is 2.94. The van der Waals surface area contributed by atoms with Crippen molar-refractivity contribution in [1.82, 2.24) is 0 Å². The Morgan fingerprint density at radius 3 is 2.55 bits per heavy atom. The number of non-ortho nitro benzene ring substituents is 1. The SMILES string of the molecule is O=c1cc(/C=N\Nc2ccc([N+](=O)[O-])cc2)c2ccc(OCc3ccccc3)cc2o1. The Balaban J connectivity index is 1.51. The monoisotopic (exact) mass is 415 g/mol. The molecule has 0 aliphatic heterocycles.